The van der Waals surface area contributed by atoms with Crippen LogP contribution in [0.25, 0.3) is 0 Å². The number of carbonyl (C=O) groups excluding carboxylic acids is 3. The van der Waals surface area contributed by atoms with E-state index in [9.17, 15) is 14.4 Å². The maximum atomic E-state index is 12.2. The van der Waals surface area contributed by atoms with Crippen molar-refractivity contribution in [1.82, 2.24) is 4.98 Å². The Kier molecular flexibility index (Phi) is 9.08. The van der Waals surface area contributed by atoms with Crippen molar-refractivity contribution in [1.29, 1.82) is 0 Å². The van der Waals surface area contributed by atoms with Gasteiger partial charge in [-0.15, -0.1) is 0 Å². The normalized spacial score (nSPS) is 10.4. The van der Waals surface area contributed by atoms with E-state index in [0.717, 1.165) is 6.42 Å². The first-order valence-corrected chi connectivity index (χ1v) is 10.1. The molecule has 1 aromatic heterocycles. The van der Waals surface area contributed by atoms with Crippen molar-refractivity contribution in [3.05, 3.63) is 51.6 Å². The number of halogens is 2. The van der Waals surface area contributed by atoms with Gasteiger partial charge in [-0.25, -0.2) is 4.98 Å². The number of nitrogens with one attached hydrogen (secondary N) is 1. The molecular weight excluding hydrogens is 431 g/mol. The van der Waals surface area contributed by atoms with E-state index in [4.69, 9.17) is 32.7 Å². The zero-order valence-corrected chi connectivity index (χ0v) is 18.2. The molecule has 0 spiro atoms. The Balaban J connectivity index is 1.76. The van der Waals surface area contributed by atoms with Crippen molar-refractivity contribution in [3.63, 3.8) is 0 Å². The van der Waals surface area contributed by atoms with Gasteiger partial charge in [-0.3, -0.25) is 14.4 Å². The van der Waals surface area contributed by atoms with Gasteiger partial charge < -0.3 is 14.8 Å². The number of ketones is 1. The van der Waals surface area contributed by atoms with Crippen molar-refractivity contribution in [3.8, 4) is 5.75 Å². The molecule has 1 heterocycles. The third-order valence-corrected chi connectivity index (χ3v) is 4.60. The molecule has 0 aliphatic heterocycles. The molecule has 1 aromatic carbocycles. The number of anilines is 1. The second-order valence-electron chi connectivity index (χ2n) is 6.39. The van der Waals surface area contributed by atoms with Gasteiger partial charge in [0.25, 0.3) is 5.91 Å². The van der Waals surface area contributed by atoms with E-state index in [2.05, 4.69) is 10.3 Å². The lowest BCUT2D eigenvalue weighted by Crippen LogP contribution is -2.22. The molecule has 0 radical (unpaired) electrons. The number of pyridine rings is 1. The minimum Gasteiger partial charge on any atom is -0.494 e. The summed E-state index contributed by atoms with van der Waals surface area (Å²) in [5, 5.41) is 2.99. The Morgan fingerprint density at radius 3 is 2.43 bits per heavy atom. The summed E-state index contributed by atoms with van der Waals surface area (Å²) in [6, 6.07) is 8.18. The Morgan fingerprint density at radius 2 is 1.77 bits per heavy atom. The van der Waals surface area contributed by atoms with Gasteiger partial charge in [-0.05, 0) is 43.7 Å². The van der Waals surface area contributed by atoms with Crippen LogP contribution in [0, 0.1) is 6.92 Å². The molecule has 9 heteroatoms. The van der Waals surface area contributed by atoms with Crippen LogP contribution in [0.15, 0.2) is 30.3 Å². The van der Waals surface area contributed by atoms with Crippen molar-refractivity contribution in [2.24, 2.45) is 0 Å². The van der Waals surface area contributed by atoms with Crippen LogP contribution in [0.2, 0.25) is 10.0 Å². The number of Topliss-reactive ketones (excluding diaryl/α,β-unsaturated/α-hetero) is 1. The summed E-state index contributed by atoms with van der Waals surface area (Å²) < 4.78 is 10.4. The second-order valence-corrected chi connectivity index (χ2v) is 7.21. The number of carbonyl (C=O) groups is 3. The Labute approximate surface area is 184 Å². The molecule has 0 atom stereocenters. The number of hydrogen-bond donors (Lipinski definition) is 1. The highest BCUT2D eigenvalue weighted by Crippen LogP contribution is 2.25. The van der Waals surface area contributed by atoms with Crippen LogP contribution in [-0.4, -0.2) is 35.9 Å². The molecule has 0 saturated heterocycles. The highest BCUT2D eigenvalue weighted by atomic mass is 35.5. The summed E-state index contributed by atoms with van der Waals surface area (Å²) in [5.41, 5.74) is 0.972. The fourth-order valence-electron chi connectivity index (χ4n) is 2.35. The maximum absolute atomic E-state index is 12.2. The van der Waals surface area contributed by atoms with Crippen molar-refractivity contribution in [2.75, 3.05) is 18.5 Å². The Hall–Kier alpha value is -2.64. The first-order valence-electron chi connectivity index (χ1n) is 9.34. The van der Waals surface area contributed by atoms with Gasteiger partial charge >= 0.3 is 5.97 Å². The minimum atomic E-state index is -0.659. The molecule has 1 amide bonds. The lowest BCUT2D eigenvalue weighted by atomic mass is 10.1. The zero-order chi connectivity index (χ0) is 22.1. The average Bonchev–Trinajstić information content (AvgIpc) is 2.73. The summed E-state index contributed by atoms with van der Waals surface area (Å²) in [4.78, 5) is 40.0. The zero-order valence-electron chi connectivity index (χ0n) is 16.7. The van der Waals surface area contributed by atoms with E-state index >= 15 is 0 Å². The van der Waals surface area contributed by atoms with Crippen LogP contribution in [-0.2, 0) is 14.3 Å². The third-order valence-electron chi connectivity index (χ3n) is 3.93. The van der Waals surface area contributed by atoms with Crippen LogP contribution >= 0.6 is 23.2 Å². The quantitative estimate of drug-likeness (QED) is 0.417. The first kappa shape index (κ1) is 23.6. The van der Waals surface area contributed by atoms with Crippen LogP contribution < -0.4 is 10.1 Å². The number of ether oxygens (including phenoxy) is 2. The minimum absolute atomic E-state index is 0.0284. The van der Waals surface area contributed by atoms with Gasteiger partial charge in [0.1, 0.15) is 5.75 Å². The van der Waals surface area contributed by atoms with Gasteiger partial charge in [-0.1, -0.05) is 30.1 Å². The lowest BCUT2D eigenvalue weighted by molar-refractivity contribution is -0.147. The van der Waals surface area contributed by atoms with Gasteiger partial charge in [0.2, 0.25) is 0 Å². The summed E-state index contributed by atoms with van der Waals surface area (Å²) in [7, 11) is 0. The van der Waals surface area contributed by atoms with Gasteiger partial charge in [0.15, 0.2) is 18.2 Å². The van der Waals surface area contributed by atoms with E-state index in [-0.39, 0.29) is 29.5 Å². The molecule has 0 saturated carbocycles. The average molecular weight is 453 g/mol. The first-order chi connectivity index (χ1) is 14.3. The number of rotatable bonds is 10. The molecule has 2 rings (SSSR count). The second kappa shape index (κ2) is 11.5. The Bertz CT molecular complexity index is 916. The van der Waals surface area contributed by atoms with Crippen molar-refractivity contribution in [2.45, 2.75) is 33.1 Å². The highest BCUT2D eigenvalue weighted by Gasteiger charge is 2.14. The fraction of sp³-hybridized carbons (Fsp3) is 0.333. The number of amides is 1. The lowest BCUT2D eigenvalue weighted by Gasteiger charge is -2.09. The number of aromatic nitrogens is 1. The smallest absolute Gasteiger partial charge is 0.306 e. The maximum Gasteiger partial charge on any atom is 0.306 e. The Morgan fingerprint density at radius 1 is 1.07 bits per heavy atom. The standard InChI is InChI=1S/C21H22Cl2N2O5/c1-3-10-29-15-6-4-14(5-7-15)18(26)8-9-20(28)30-12-19(27)25-21-17(23)11-16(22)13(2)24-21/h4-7,11H,3,8-10,12H2,1-2H3,(H,24,25,27). The molecular formula is C21H22Cl2N2O5. The number of benzene rings is 1. The van der Waals surface area contributed by atoms with E-state index in [1.165, 1.54) is 6.07 Å². The van der Waals surface area contributed by atoms with E-state index in [1.807, 2.05) is 6.92 Å². The molecule has 0 aliphatic rings. The van der Waals surface area contributed by atoms with Gasteiger partial charge in [0, 0.05) is 12.0 Å². The molecule has 30 heavy (non-hydrogen) atoms. The molecule has 160 valence electrons. The number of nitrogens with zero attached hydrogens (tertiary/aromatic N) is 1. The predicted molar refractivity (Wildman–Crippen MR) is 114 cm³/mol. The van der Waals surface area contributed by atoms with Crippen LogP contribution in [0.4, 0.5) is 5.82 Å². The summed E-state index contributed by atoms with van der Waals surface area (Å²) in [5.74, 6) is -0.655. The topological polar surface area (TPSA) is 94.6 Å². The van der Waals surface area contributed by atoms with Crippen molar-refractivity contribution < 1.29 is 23.9 Å². The van der Waals surface area contributed by atoms with E-state index < -0.39 is 18.5 Å². The SMILES string of the molecule is CCCOc1ccc(C(=O)CCC(=O)OCC(=O)Nc2nc(C)c(Cl)cc2Cl)cc1. The molecule has 0 unspecified atom stereocenters. The summed E-state index contributed by atoms with van der Waals surface area (Å²) in [6.07, 6.45) is 0.725. The van der Waals surface area contributed by atoms with Crippen LogP contribution in [0.5, 0.6) is 5.75 Å². The monoisotopic (exact) mass is 452 g/mol. The molecule has 0 fully saturated rings. The summed E-state index contributed by atoms with van der Waals surface area (Å²) in [6.45, 7) is 3.76. The third kappa shape index (κ3) is 7.31. The predicted octanol–water partition coefficient (Wildman–Crippen LogP) is 4.63. The molecule has 2 aromatic rings. The molecule has 0 aliphatic carbocycles. The van der Waals surface area contributed by atoms with Crippen LogP contribution in [0.3, 0.4) is 0 Å². The summed E-state index contributed by atoms with van der Waals surface area (Å²) >= 11 is 11.9. The number of esters is 1. The van der Waals surface area contributed by atoms with Gasteiger partial charge in [0.05, 0.1) is 28.8 Å². The largest absolute Gasteiger partial charge is 0.494 e. The molecule has 1 N–H and O–H groups in total. The molecule has 7 nitrogen and oxygen atoms in total. The number of hydrogen-bond acceptors (Lipinski definition) is 6. The van der Waals surface area contributed by atoms with Gasteiger partial charge in [-0.2, -0.15) is 0 Å². The highest BCUT2D eigenvalue weighted by molar-refractivity contribution is 6.36. The molecule has 0 bridgehead atoms. The van der Waals surface area contributed by atoms with Crippen molar-refractivity contribution >= 4 is 46.7 Å². The van der Waals surface area contributed by atoms with E-state index in [1.54, 1.807) is 31.2 Å². The fourth-order valence-corrected chi connectivity index (χ4v) is 2.76. The number of aryl methyl sites for hydroxylation is 1. The van der Waals surface area contributed by atoms with E-state index in [0.29, 0.717) is 28.6 Å². The van der Waals surface area contributed by atoms with Crippen LogP contribution in [0.1, 0.15) is 42.2 Å².